The number of H-pyrrole nitrogens is 1. The molecular weight excluding hydrogens is 348 g/mol. The Hall–Kier alpha value is -2.92. The zero-order chi connectivity index (χ0) is 19.7. The number of carbonyl (C=O) groups is 1. The summed E-state index contributed by atoms with van der Waals surface area (Å²) in [5.41, 5.74) is 10.8. The van der Waals surface area contributed by atoms with Crippen molar-refractivity contribution >= 4 is 5.91 Å². The summed E-state index contributed by atoms with van der Waals surface area (Å²) in [6.07, 6.45) is 0.764. The molecule has 1 aliphatic rings. The molecule has 0 bridgehead atoms. The van der Waals surface area contributed by atoms with Crippen LogP contribution in [0.25, 0.3) is 0 Å². The zero-order valence-corrected chi connectivity index (χ0v) is 16.4. The van der Waals surface area contributed by atoms with Gasteiger partial charge in [-0.05, 0) is 25.0 Å². The Balaban J connectivity index is 1.76. The number of nitrogens with one attached hydrogen (secondary N) is 1. The molecule has 0 spiro atoms. The van der Waals surface area contributed by atoms with Gasteiger partial charge in [0.05, 0.1) is 17.2 Å². The van der Waals surface area contributed by atoms with Crippen LogP contribution in [-0.2, 0) is 17.8 Å². The second-order valence-electron chi connectivity index (χ2n) is 8.02. The van der Waals surface area contributed by atoms with E-state index in [1.165, 1.54) is 11.1 Å². The van der Waals surface area contributed by atoms with Crippen LogP contribution in [0.4, 0.5) is 0 Å². The molecule has 144 valence electrons. The summed E-state index contributed by atoms with van der Waals surface area (Å²) >= 11 is 0. The summed E-state index contributed by atoms with van der Waals surface area (Å²) in [6, 6.07) is 20.8. The Kier molecular flexibility index (Phi) is 4.77. The molecule has 5 nitrogen and oxygen atoms in total. The molecule has 0 atom stereocenters. The fourth-order valence-electron chi connectivity index (χ4n) is 3.94. The third kappa shape index (κ3) is 3.45. The number of nitrogens with two attached hydrogens (primary N) is 1. The normalized spacial score (nSPS) is 14.2. The third-order valence-electron chi connectivity index (χ3n) is 5.34. The molecule has 0 saturated heterocycles. The lowest BCUT2D eigenvalue weighted by Gasteiger charge is -2.33. The van der Waals surface area contributed by atoms with Gasteiger partial charge in [0.15, 0.2) is 0 Å². The number of amides is 1. The van der Waals surface area contributed by atoms with Gasteiger partial charge in [-0.3, -0.25) is 9.89 Å². The summed E-state index contributed by atoms with van der Waals surface area (Å²) in [7, 11) is 0. The first-order valence-electron chi connectivity index (χ1n) is 9.69. The minimum atomic E-state index is -0.875. The molecule has 5 heteroatoms. The number of rotatable bonds is 4. The minimum absolute atomic E-state index is 0.0170. The molecule has 3 N–H and O–H groups in total. The van der Waals surface area contributed by atoms with Crippen LogP contribution < -0.4 is 5.73 Å². The lowest BCUT2D eigenvalue weighted by atomic mass is 9.85. The maximum atomic E-state index is 12.7. The molecule has 0 aliphatic carbocycles. The molecular formula is C23H26N4O. The van der Waals surface area contributed by atoms with Gasteiger partial charge in [0.25, 0.3) is 0 Å². The Bertz CT molecular complexity index is 918. The van der Waals surface area contributed by atoms with Crippen LogP contribution in [0.2, 0.25) is 0 Å². The Morgan fingerprint density at radius 1 is 1.07 bits per heavy atom. The average molecular weight is 374 g/mol. The molecule has 2 heterocycles. The number of nitrogens with zero attached hydrogens (tertiary/aromatic N) is 2. The number of hydrogen-bond donors (Lipinski definition) is 2. The van der Waals surface area contributed by atoms with E-state index in [1.54, 1.807) is 13.8 Å². The smallest absolute Gasteiger partial charge is 0.242 e. The van der Waals surface area contributed by atoms with Gasteiger partial charge < -0.3 is 10.6 Å². The fourth-order valence-corrected chi connectivity index (χ4v) is 3.94. The van der Waals surface area contributed by atoms with E-state index in [1.807, 2.05) is 17.0 Å². The molecule has 0 unspecified atom stereocenters. The first-order valence-corrected chi connectivity index (χ1v) is 9.69. The average Bonchev–Trinajstić information content (AvgIpc) is 3.11. The number of aromatic amines is 1. The van der Waals surface area contributed by atoms with Crippen LogP contribution in [0.3, 0.4) is 0 Å². The molecule has 3 aromatic rings. The Morgan fingerprint density at radius 2 is 1.64 bits per heavy atom. The number of aromatic nitrogens is 2. The molecule has 4 rings (SSSR count). The number of fused-ring (bicyclic) bond motifs is 1. The highest BCUT2D eigenvalue weighted by Gasteiger charge is 2.33. The largest absolute Gasteiger partial charge is 0.336 e. The van der Waals surface area contributed by atoms with Crippen LogP contribution in [0.1, 0.15) is 47.8 Å². The SMILES string of the molecule is CC(C)(N)C(=O)N1CCc2[nH]nc(C(c3ccccc3)c3ccccc3)c2C1. The summed E-state index contributed by atoms with van der Waals surface area (Å²) in [4.78, 5) is 14.6. The molecule has 2 aromatic carbocycles. The second kappa shape index (κ2) is 7.24. The van der Waals surface area contributed by atoms with Crippen LogP contribution >= 0.6 is 0 Å². The Labute approximate surface area is 165 Å². The van der Waals surface area contributed by atoms with Crippen LogP contribution in [-0.4, -0.2) is 33.1 Å². The van der Waals surface area contributed by atoms with Crippen LogP contribution in [0.5, 0.6) is 0 Å². The van der Waals surface area contributed by atoms with Crippen LogP contribution in [0.15, 0.2) is 60.7 Å². The predicted octanol–water partition coefficient (Wildman–Crippen LogP) is 3.21. The third-order valence-corrected chi connectivity index (χ3v) is 5.34. The van der Waals surface area contributed by atoms with E-state index in [-0.39, 0.29) is 11.8 Å². The highest BCUT2D eigenvalue weighted by atomic mass is 16.2. The van der Waals surface area contributed by atoms with Gasteiger partial charge in [0.1, 0.15) is 0 Å². The molecule has 28 heavy (non-hydrogen) atoms. The highest BCUT2D eigenvalue weighted by molar-refractivity contribution is 5.85. The van der Waals surface area contributed by atoms with E-state index in [9.17, 15) is 4.79 Å². The lowest BCUT2D eigenvalue weighted by Crippen LogP contribution is -2.52. The molecule has 0 radical (unpaired) electrons. The summed E-state index contributed by atoms with van der Waals surface area (Å²) in [5.74, 6) is -0.00962. The van der Waals surface area contributed by atoms with Crippen molar-refractivity contribution in [2.24, 2.45) is 5.73 Å². The quantitative estimate of drug-likeness (QED) is 0.736. The Morgan fingerprint density at radius 3 is 2.18 bits per heavy atom. The van der Waals surface area contributed by atoms with E-state index in [2.05, 4.69) is 53.6 Å². The number of carbonyl (C=O) groups excluding carboxylic acids is 1. The van der Waals surface area contributed by atoms with E-state index >= 15 is 0 Å². The second-order valence-corrected chi connectivity index (χ2v) is 8.02. The molecule has 1 amide bonds. The molecule has 0 fully saturated rings. The fraction of sp³-hybridized carbons (Fsp3) is 0.304. The minimum Gasteiger partial charge on any atom is -0.336 e. The summed E-state index contributed by atoms with van der Waals surface area (Å²) in [6.45, 7) is 4.72. The van der Waals surface area contributed by atoms with Crippen molar-refractivity contribution in [1.29, 1.82) is 0 Å². The summed E-state index contributed by atoms with van der Waals surface area (Å²) < 4.78 is 0. The predicted molar refractivity (Wildman–Crippen MR) is 110 cm³/mol. The lowest BCUT2D eigenvalue weighted by molar-refractivity contribution is -0.136. The highest BCUT2D eigenvalue weighted by Crippen LogP contribution is 2.35. The maximum Gasteiger partial charge on any atom is 0.242 e. The molecule has 1 aromatic heterocycles. The van der Waals surface area contributed by atoms with Crippen LogP contribution in [0, 0.1) is 0 Å². The van der Waals surface area contributed by atoms with Gasteiger partial charge in [0.2, 0.25) is 5.91 Å². The number of benzene rings is 2. The van der Waals surface area contributed by atoms with Crippen molar-refractivity contribution in [3.8, 4) is 0 Å². The van der Waals surface area contributed by atoms with E-state index in [4.69, 9.17) is 10.8 Å². The van der Waals surface area contributed by atoms with Crippen molar-refractivity contribution < 1.29 is 4.79 Å². The van der Waals surface area contributed by atoms with Crippen molar-refractivity contribution in [3.63, 3.8) is 0 Å². The van der Waals surface area contributed by atoms with Gasteiger partial charge >= 0.3 is 0 Å². The molecule has 1 aliphatic heterocycles. The van der Waals surface area contributed by atoms with E-state index < -0.39 is 5.54 Å². The van der Waals surface area contributed by atoms with E-state index in [0.717, 1.165) is 23.4 Å². The maximum absolute atomic E-state index is 12.7. The molecule has 0 saturated carbocycles. The van der Waals surface area contributed by atoms with E-state index in [0.29, 0.717) is 13.1 Å². The standard InChI is InChI=1S/C23H26N4O/c1-23(2,24)22(28)27-14-13-19-18(15-27)21(26-25-19)20(16-9-5-3-6-10-16)17-11-7-4-8-12-17/h3-12,20H,13-15,24H2,1-2H3,(H,25,26). The van der Waals surface area contributed by atoms with Gasteiger partial charge in [-0.2, -0.15) is 5.10 Å². The van der Waals surface area contributed by atoms with Gasteiger partial charge in [-0.15, -0.1) is 0 Å². The zero-order valence-electron chi connectivity index (χ0n) is 16.4. The van der Waals surface area contributed by atoms with Gasteiger partial charge in [0, 0.05) is 30.8 Å². The van der Waals surface area contributed by atoms with Crippen molar-refractivity contribution in [2.45, 2.75) is 38.3 Å². The topological polar surface area (TPSA) is 75.0 Å². The van der Waals surface area contributed by atoms with Gasteiger partial charge in [-0.1, -0.05) is 60.7 Å². The number of hydrogen-bond acceptors (Lipinski definition) is 3. The first kappa shape index (κ1) is 18.4. The van der Waals surface area contributed by atoms with Crippen molar-refractivity contribution in [3.05, 3.63) is 88.7 Å². The summed E-state index contributed by atoms with van der Waals surface area (Å²) in [5, 5.41) is 7.94. The first-order chi connectivity index (χ1) is 13.4. The van der Waals surface area contributed by atoms with Crippen molar-refractivity contribution in [1.82, 2.24) is 15.1 Å². The monoisotopic (exact) mass is 374 g/mol. The van der Waals surface area contributed by atoms with Crippen molar-refractivity contribution in [2.75, 3.05) is 6.54 Å². The van der Waals surface area contributed by atoms with Gasteiger partial charge in [-0.25, -0.2) is 0 Å².